The first-order chi connectivity index (χ1) is 6.85. The Kier molecular flexibility index (Phi) is 3.15. The molecule has 3 nitrogen and oxygen atoms in total. The normalized spacial score (nSPS) is 13.6. The lowest BCUT2D eigenvalue weighted by molar-refractivity contribution is -0.321. The molecule has 0 amide bonds. The Bertz CT molecular complexity index is 352. The zero-order chi connectivity index (χ0) is 11.6. The molecule has 0 bridgehead atoms. The minimum absolute atomic E-state index is 0.592. The molecule has 0 saturated heterocycles. The molecule has 0 aliphatic rings. The molecule has 1 atom stereocenters. The van der Waals surface area contributed by atoms with E-state index in [0.29, 0.717) is 5.56 Å². The Labute approximate surface area is 89.4 Å². The summed E-state index contributed by atoms with van der Waals surface area (Å²) in [6.07, 6.45) is -1.05. The Morgan fingerprint density at radius 3 is 2.20 bits per heavy atom. The van der Waals surface area contributed by atoms with E-state index in [-0.39, 0.29) is 0 Å². The number of aliphatic hydroxyl groups is 1. The van der Waals surface area contributed by atoms with Crippen molar-refractivity contribution in [3.8, 4) is 0 Å². The topological polar surface area (TPSA) is 60.4 Å². The highest BCUT2D eigenvalue weighted by Gasteiger charge is 2.30. The maximum Gasteiger partial charge on any atom is 0.0893 e. The number of hydrogen-bond acceptors (Lipinski definition) is 3. The van der Waals surface area contributed by atoms with E-state index in [1.807, 2.05) is 19.1 Å². The predicted molar refractivity (Wildman–Crippen MR) is 54.9 cm³/mol. The number of hydrogen-bond donors (Lipinski definition) is 1. The third-order valence-electron chi connectivity index (χ3n) is 2.60. The van der Waals surface area contributed by atoms with Crippen LogP contribution in [0.15, 0.2) is 24.3 Å². The summed E-state index contributed by atoms with van der Waals surface area (Å²) in [6, 6.07) is 7.13. The van der Waals surface area contributed by atoms with Gasteiger partial charge in [-0.3, -0.25) is 0 Å². The Morgan fingerprint density at radius 2 is 1.80 bits per heavy atom. The molecule has 0 heterocycles. The maximum absolute atomic E-state index is 10.8. The summed E-state index contributed by atoms with van der Waals surface area (Å²) in [5.41, 5.74) is 0.377. The third-order valence-corrected chi connectivity index (χ3v) is 2.60. The summed E-state index contributed by atoms with van der Waals surface area (Å²) >= 11 is 0. The first kappa shape index (κ1) is 11.7. The van der Waals surface area contributed by atoms with Crippen molar-refractivity contribution < 1.29 is 15.0 Å². The first-order valence-electron chi connectivity index (χ1n) is 4.82. The van der Waals surface area contributed by atoms with Crippen molar-refractivity contribution in [2.45, 2.75) is 26.9 Å². The van der Waals surface area contributed by atoms with Crippen LogP contribution in [0.1, 0.15) is 31.1 Å². The molecule has 1 aromatic rings. The van der Waals surface area contributed by atoms with Crippen LogP contribution in [-0.2, 0) is 4.79 Å². The smallest absolute Gasteiger partial charge is 0.0893 e. The number of carboxylic acids is 1. The molecule has 15 heavy (non-hydrogen) atoms. The van der Waals surface area contributed by atoms with Crippen molar-refractivity contribution in [2.24, 2.45) is 5.41 Å². The Balaban J connectivity index is 2.99. The standard InChI is InChI=1S/C12H16O3/c1-8-4-6-9(7-5-8)10(13)12(2,3)11(14)15/h4-7,10,13H,1-3H3,(H,14,15)/p-1. The van der Waals surface area contributed by atoms with Gasteiger partial charge in [0, 0.05) is 11.4 Å². The second-order valence-corrected chi connectivity index (χ2v) is 4.32. The van der Waals surface area contributed by atoms with Crippen LogP contribution in [0.3, 0.4) is 0 Å². The number of rotatable bonds is 3. The first-order valence-corrected chi connectivity index (χ1v) is 4.82. The van der Waals surface area contributed by atoms with Crippen LogP contribution >= 0.6 is 0 Å². The van der Waals surface area contributed by atoms with Crippen LogP contribution in [0.2, 0.25) is 0 Å². The van der Waals surface area contributed by atoms with E-state index in [9.17, 15) is 15.0 Å². The van der Waals surface area contributed by atoms with E-state index in [4.69, 9.17) is 0 Å². The third kappa shape index (κ3) is 2.36. The van der Waals surface area contributed by atoms with Crippen LogP contribution in [0.4, 0.5) is 0 Å². The zero-order valence-electron chi connectivity index (χ0n) is 9.15. The lowest BCUT2D eigenvalue weighted by Gasteiger charge is -2.31. The summed E-state index contributed by atoms with van der Waals surface area (Å²) in [7, 11) is 0. The van der Waals surface area contributed by atoms with Crippen LogP contribution < -0.4 is 5.11 Å². The number of aliphatic carboxylic acids is 1. The van der Waals surface area contributed by atoms with Gasteiger partial charge in [0.05, 0.1) is 6.10 Å². The van der Waals surface area contributed by atoms with E-state index in [1.165, 1.54) is 13.8 Å². The molecule has 1 N–H and O–H groups in total. The predicted octanol–water partition coefficient (Wildman–Crippen LogP) is 0.805. The summed E-state index contributed by atoms with van der Waals surface area (Å²) in [6.45, 7) is 4.83. The van der Waals surface area contributed by atoms with Crippen molar-refractivity contribution in [1.82, 2.24) is 0 Å². The highest BCUT2D eigenvalue weighted by atomic mass is 16.4. The molecule has 1 rings (SSSR count). The number of aliphatic hydroxyl groups excluding tert-OH is 1. The molecular formula is C12H15O3-. The van der Waals surface area contributed by atoms with Gasteiger partial charge in [0.25, 0.3) is 0 Å². The number of carbonyl (C=O) groups excluding carboxylic acids is 1. The molecule has 0 aliphatic carbocycles. The maximum atomic E-state index is 10.8. The molecule has 3 heteroatoms. The van der Waals surface area contributed by atoms with Crippen LogP contribution in [0.5, 0.6) is 0 Å². The minimum Gasteiger partial charge on any atom is -0.549 e. The highest BCUT2D eigenvalue weighted by Crippen LogP contribution is 2.32. The summed E-state index contributed by atoms with van der Waals surface area (Å²) in [5, 5.41) is 20.7. The quantitative estimate of drug-likeness (QED) is 0.797. The number of carbonyl (C=O) groups is 1. The van der Waals surface area contributed by atoms with Gasteiger partial charge < -0.3 is 15.0 Å². The van der Waals surface area contributed by atoms with Crippen LogP contribution in [0, 0.1) is 12.3 Å². The van der Waals surface area contributed by atoms with Gasteiger partial charge >= 0.3 is 0 Å². The molecular weight excluding hydrogens is 192 g/mol. The van der Waals surface area contributed by atoms with Crippen LogP contribution in [0.25, 0.3) is 0 Å². The van der Waals surface area contributed by atoms with Gasteiger partial charge in [-0.25, -0.2) is 0 Å². The number of carboxylic acid groups (broad SMARTS) is 1. The van der Waals surface area contributed by atoms with Gasteiger partial charge in [-0.05, 0) is 12.5 Å². The van der Waals surface area contributed by atoms with Gasteiger partial charge in [-0.1, -0.05) is 43.7 Å². The average Bonchev–Trinajstić information content (AvgIpc) is 2.17. The molecule has 0 fully saturated rings. The largest absolute Gasteiger partial charge is 0.549 e. The monoisotopic (exact) mass is 207 g/mol. The van der Waals surface area contributed by atoms with Gasteiger partial charge in [0.2, 0.25) is 0 Å². The second kappa shape index (κ2) is 4.03. The lowest BCUT2D eigenvalue weighted by atomic mass is 9.82. The van der Waals surface area contributed by atoms with Crippen molar-refractivity contribution >= 4 is 5.97 Å². The average molecular weight is 207 g/mol. The lowest BCUT2D eigenvalue weighted by Crippen LogP contribution is -2.42. The Hall–Kier alpha value is -1.35. The molecule has 1 aromatic carbocycles. The molecule has 0 aliphatic heterocycles. The van der Waals surface area contributed by atoms with Gasteiger partial charge in [0.15, 0.2) is 0 Å². The molecule has 0 saturated carbocycles. The van der Waals surface area contributed by atoms with Crippen molar-refractivity contribution in [2.75, 3.05) is 0 Å². The summed E-state index contributed by atoms with van der Waals surface area (Å²) in [4.78, 5) is 10.8. The van der Waals surface area contributed by atoms with E-state index >= 15 is 0 Å². The van der Waals surface area contributed by atoms with Crippen molar-refractivity contribution in [3.05, 3.63) is 35.4 Å². The molecule has 0 aromatic heterocycles. The summed E-state index contributed by atoms with van der Waals surface area (Å²) < 4.78 is 0. The highest BCUT2D eigenvalue weighted by molar-refractivity contribution is 5.72. The molecule has 1 unspecified atom stereocenters. The fourth-order valence-corrected chi connectivity index (χ4v) is 1.28. The second-order valence-electron chi connectivity index (χ2n) is 4.32. The number of benzene rings is 1. The molecule has 0 spiro atoms. The molecule has 82 valence electrons. The number of aryl methyl sites for hydroxylation is 1. The van der Waals surface area contributed by atoms with E-state index < -0.39 is 17.5 Å². The fourth-order valence-electron chi connectivity index (χ4n) is 1.28. The summed E-state index contributed by atoms with van der Waals surface area (Å²) in [5.74, 6) is -1.25. The molecule has 0 radical (unpaired) electrons. The van der Waals surface area contributed by atoms with E-state index in [1.54, 1.807) is 12.1 Å². The van der Waals surface area contributed by atoms with Crippen LogP contribution in [-0.4, -0.2) is 11.1 Å². The SMILES string of the molecule is Cc1ccc(C(O)C(C)(C)C(=O)[O-])cc1. The van der Waals surface area contributed by atoms with Gasteiger partial charge in [-0.2, -0.15) is 0 Å². The van der Waals surface area contributed by atoms with E-state index in [2.05, 4.69) is 0 Å². The van der Waals surface area contributed by atoms with Gasteiger partial charge in [-0.15, -0.1) is 0 Å². The van der Waals surface area contributed by atoms with E-state index in [0.717, 1.165) is 5.56 Å². The van der Waals surface area contributed by atoms with Crippen molar-refractivity contribution in [3.63, 3.8) is 0 Å². The van der Waals surface area contributed by atoms with Crippen molar-refractivity contribution in [1.29, 1.82) is 0 Å². The van der Waals surface area contributed by atoms with Gasteiger partial charge in [0.1, 0.15) is 0 Å². The Morgan fingerprint density at radius 1 is 1.33 bits per heavy atom. The fraction of sp³-hybridized carbons (Fsp3) is 0.417. The zero-order valence-corrected chi connectivity index (χ0v) is 9.15. The minimum atomic E-state index is -1.28.